The quantitative estimate of drug-likeness (QED) is 0.783. The van der Waals surface area contributed by atoms with Crippen molar-refractivity contribution in [3.63, 3.8) is 0 Å². The minimum atomic E-state index is -0.00478. The van der Waals surface area contributed by atoms with Crippen LogP contribution in [-0.4, -0.2) is 20.9 Å². The Bertz CT molecular complexity index is 787. The van der Waals surface area contributed by atoms with Crippen molar-refractivity contribution in [1.82, 2.24) is 20.3 Å². The molecule has 5 nitrogen and oxygen atoms in total. The van der Waals surface area contributed by atoms with E-state index in [4.69, 9.17) is 0 Å². The number of rotatable bonds is 5. The number of amides is 1. The van der Waals surface area contributed by atoms with E-state index >= 15 is 0 Å². The van der Waals surface area contributed by atoms with E-state index < -0.39 is 0 Å². The summed E-state index contributed by atoms with van der Waals surface area (Å²) in [5.74, 6) is -0.00478. The van der Waals surface area contributed by atoms with Gasteiger partial charge in [0.15, 0.2) is 0 Å². The Balaban J connectivity index is 1.64. The van der Waals surface area contributed by atoms with Crippen LogP contribution in [0.1, 0.15) is 16.1 Å². The lowest BCUT2D eigenvalue weighted by Gasteiger charge is -2.04. The molecule has 116 valence electrons. The maximum absolute atomic E-state index is 12.1. The van der Waals surface area contributed by atoms with Gasteiger partial charge in [0.25, 0.3) is 0 Å². The standard InChI is InChI=1S/C17H16N4OS/c1-12-15(23-17(21-12)14-4-8-19-9-5-14)10-16(22)20-11-13-2-6-18-7-3-13/h2-9H,10-11H2,1H3,(H,20,22). The third-order valence-electron chi connectivity index (χ3n) is 3.38. The highest BCUT2D eigenvalue weighted by molar-refractivity contribution is 7.15. The van der Waals surface area contributed by atoms with E-state index in [9.17, 15) is 4.79 Å². The van der Waals surface area contributed by atoms with Gasteiger partial charge in [-0.2, -0.15) is 0 Å². The molecule has 3 aromatic heterocycles. The third-order valence-corrected chi connectivity index (χ3v) is 4.59. The van der Waals surface area contributed by atoms with Gasteiger partial charge >= 0.3 is 0 Å². The van der Waals surface area contributed by atoms with Crippen molar-refractivity contribution in [3.8, 4) is 10.6 Å². The van der Waals surface area contributed by atoms with Crippen molar-refractivity contribution < 1.29 is 4.79 Å². The molecule has 0 radical (unpaired) electrons. The normalized spacial score (nSPS) is 10.5. The van der Waals surface area contributed by atoms with E-state index in [1.165, 1.54) is 0 Å². The molecule has 23 heavy (non-hydrogen) atoms. The first-order valence-electron chi connectivity index (χ1n) is 7.24. The summed E-state index contributed by atoms with van der Waals surface area (Å²) in [6.07, 6.45) is 7.27. The molecule has 0 atom stereocenters. The Morgan fingerprint density at radius 2 is 1.74 bits per heavy atom. The van der Waals surface area contributed by atoms with Gasteiger partial charge in [0.1, 0.15) is 5.01 Å². The molecule has 0 aromatic carbocycles. The minimum Gasteiger partial charge on any atom is -0.352 e. The van der Waals surface area contributed by atoms with Crippen LogP contribution in [0.15, 0.2) is 49.1 Å². The van der Waals surface area contributed by atoms with Crippen LogP contribution in [0.2, 0.25) is 0 Å². The van der Waals surface area contributed by atoms with E-state index in [2.05, 4.69) is 20.3 Å². The van der Waals surface area contributed by atoms with Crippen LogP contribution >= 0.6 is 11.3 Å². The summed E-state index contributed by atoms with van der Waals surface area (Å²) in [4.78, 5) is 25.6. The maximum Gasteiger partial charge on any atom is 0.225 e. The summed E-state index contributed by atoms with van der Waals surface area (Å²) in [5.41, 5.74) is 2.96. The molecule has 0 aliphatic heterocycles. The molecule has 1 N–H and O–H groups in total. The largest absolute Gasteiger partial charge is 0.352 e. The number of nitrogens with zero attached hydrogens (tertiary/aromatic N) is 3. The summed E-state index contributed by atoms with van der Waals surface area (Å²) in [6.45, 7) is 2.45. The van der Waals surface area contributed by atoms with E-state index in [1.54, 1.807) is 36.1 Å². The van der Waals surface area contributed by atoms with Gasteiger partial charge in [-0.3, -0.25) is 14.8 Å². The second kappa shape index (κ2) is 7.11. The second-order valence-electron chi connectivity index (χ2n) is 5.07. The predicted molar refractivity (Wildman–Crippen MR) is 89.9 cm³/mol. The molecule has 3 rings (SSSR count). The highest BCUT2D eigenvalue weighted by Gasteiger charge is 2.12. The first-order valence-corrected chi connectivity index (χ1v) is 8.06. The topological polar surface area (TPSA) is 67.8 Å². The van der Waals surface area contributed by atoms with Crippen molar-refractivity contribution >= 4 is 17.2 Å². The van der Waals surface area contributed by atoms with Crippen molar-refractivity contribution in [2.75, 3.05) is 0 Å². The molecule has 0 aliphatic rings. The summed E-state index contributed by atoms with van der Waals surface area (Å²) >= 11 is 1.55. The van der Waals surface area contributed by atoms with Gasteiger partial charge in [0.05, 0.1) is 12.1 Å². The number of nitrogens with one attached hydrogen (secondary N) is 1. The fourth-order valence-corrected chi connectivity index (χ4v) is 3.19. The molecular weight excluding hydrogens is 308 g/mol. The number of hydrogen-bond acceptors (Lipinski definition) is 5. The number of carbonyl (C=O) groups excluding carboxylic acids is 1. The average Bonchev–Trinajstić information content (AvgIpc) is 2.95. The van der Waals surface area contributed by atoms with E-state index in [0.29, 0.717) is 13.0 Å². The van der Waals surface area contributed by atoms with Crippen molar-refractivity contribution in [3.05, 3.63) is 65.2 Å². The predicted octanol–water partition coefficient (Wildman–Crippen LogP) is 2.77. The van der Waals surface area contributed by atoms with Crippen LogP contribution < -0.4 is 5.32 Å². The Hall–Kier alpha value is -2.60. The van der Waals surface area contributed by atoms with Gasteiger partial charge < -0.3 is 5.32 Å². The van der Waals surface area contributed by atoms with E-state index in [0.717, 1.165) is 26.7 Å². The number of hydrogen-bond donors (Lipinski definition) is 1. The highest BCUT2D eigenvalue weighted by atomic mass is 32.1. The molecule has 1 amide bonds. The van der Waals surface area contributed by atoms with Gasteiger partial charge in [-0.25, -0.2) is 4.98 Å². The SMILES string of the molecule is Cc1nc(-c2ccncc2)sc1CC(=O)NCc1ccncc1. The monoisotopic (exact) mass is 324 g/mol. The summed E-state index contributed by atoms with van der Waals surface area (Å²) in [5, 5.41) is 3.84. The number of thiazole rings is 1. The van der Waals surface area contributed by atoms with Gasteiger partial charge in [0.2, 0.25) is 5.91 Å². The van der Waals surface area contributed by atoms with Gasteiger partial charge in [0, 0.05) is 41.8 Å². The fourth-order valence-electron chi connectivity index (χ4n) is 2.12. The van der Waals surface area contributed by atoms with E-state index in [1.807, 2.05) is 31.2 Å². The highest BCUT2D eigenvalue weighted by Crippen LogP contribution is 2.27. The molecule has 0 fully saturated rings. The molecule has 0 bridgehead atoms. The molecule has 3 aromatic rings. The van der Waals surface area contributed by atoms with E-state index in [-0.39, 0.29) is 5.91 Å². The molecule has 3 heterocycles. The zero-order chi connectivity index (χ0) is 16.1. The van der Waals surface area contributed by atoms with Crippen LogP contribution in [0.3, 0.4) is 0 Å². The van der Waals surface area contributed by atoms with Crippen molar-refractivity contribution in [2.45, 2.75) is 19.9 Å². The lowest BCUT2D eigenvalue weighted by atomic mass is 10.2. The van der Waals surface area contributed by atoms with Gasteiger partial charge in [-0.15, -0.1) is 11.3 Å². The fraction of sp³-hybridized carbons (Fsp3) is 0.176. The Kier molecular flexibility index (Phi) is 4.73. The van der Waals surface area contributed by atoms with Crippen LogP contribution in [0.5, 0.6) is 0 Å². The molecular formula is C17H16N4OS. The second-order valence-corrected chi connectivity index (χ2v) is 6.16. The van der Waals surface area contributed by atoms with Crippen LogP contribution in [0.4, 0.5) is 0 Å². The first-order chi connectivity index (χ1) is 11.2. The zero-order valence-electron chi connectivity index (χ0n) is 12.7. The van der Waals surface area contributed by atoms with Crippen LogP contribution in [-0.2, 0) is 17.8 Å². The van der Waals surface area contributed by atoms with Crippen LogP contribution in [0.25, 0.3) is 10.6 Å². The number of pyridine rings is 2. The van der Waals surface area contributed by atoms with Crippen molar-refractivity contribution in [2.24, 2.45) is 0 Å². The lowest BCUT2D eigenvalue weighted by Crippen LogP contribution is -2.24. The van der Waals surface area contributed by atoms with Crippen molar-refractivity contribution in [1.29, 1.82) is 0 Å². The Labute approximate surface area is 138 Å². The molecule has 6 heteroatoms. The molecule has 0 aliphatic carbocycles. The van der Waals surface area contributed by atoms with Gasteiger partial charge in [-0.1, -0.05) is 0 Å². The zero-order valence-corrected chi connectivity index (χ0v) is 13.5. The maximum atomic E-state index is 12.1. The lowest BCUT2D eigenvalue weighted by molar-refractivity contribution is -0.120. The molecule has 0 spiro atoms. The molecule has 0 unspecified atom stereocenters. The Morgan fingerprint density at radius 1 is 1.09 bits per heavy atom. The minimum absolute atomic E-state index is 0.00478. The van der Waals surface area contributed by atoms with Gasteiger partial charge in [-0.05, 0) is 36.8 Å². The molecule has 0 saturated heterocycles. The number of aryl methyl sites for hydroxylation is 1. The third kappa shape index (κ3) is 3.98. The van der Waals surface area contributed by atoms with Crippen LogP contribution in [0, 0.1) is 6.92 Å². The Morgan fingerprint density at radius 3 is 2.43 bits per heavy atom. The summed E-state index contributed by atoms with van der Waals surface area (Å²) < 4.78 is 0. The molecule has 0 saturated carbocycles. The summed E-state index contributed by atoms with van der Waals surface area (Å²) in [6, 6.07) is 7.62. The first kappa shape index (κ1) is 15.3. The average molecular weight is 324 g/mol. The number of carbonyl (C=O) groups is 1. The number of aromatic nitrogens is 3. The summed E-state index contributed by atoms with van der Waals surface area (Å²) in [7, 11) is 0. The smallest absolute Gasteiger partial charge is 0.225 e.